The Kier molecular flexibility index (Phi) is 3.84. The molecule has 0 aliphatic heterocycles. The van der Waals surface area contributed by atoms with Crippen LogP contribution in [0.5, 0.6) is 5.88 Å². The number of rotatable bonds is 4. The molecular formula is C11H16N2O3. The van der Waals surface area contributed by atoms with E-state index in [-0.39, 0.29) is 0 Å². The average molecular weight is 224 g/mol. The first-order valence-corrected chi connectivity index (χ1v) is 4.90. The number of amides is 1. The van der Waals surface area contributed by atoms with Crippen molar-refractivity contribution in [2.45, 2.75) is 26.4 Å². The van der Waals surface area contributed by atoms with Crippen LogP contribution in [0.4, 0.5) is 5.69 Å². The van der Waals surface area contributed by atoms with Crippen LogP contribution in [0.25, 0.3) is 0 Å². The van der Waals surface area contributed by atoms with Crippen LogP contribution in [0, 0.1) is 0 Å². The van der Waals surface area contributed by atoms with E-state index in [1.54, 1.807) is 18.3 Å². The summed E-state index contributed by atoms with van der Waals surface area (Å²) in [5.74, 6) is 0.346. The number of hydrogen-bond acceptors (Lipinski definition) is 4. The second-order valence-electron chi connectivity index (χ2n) is 4.17. The molecule has 1 aromatic heterocycles. The summed E-state index contributed by atoms with van der Waals surface area (Å²) in [5.41, 5.74) is 0.0109. The van der Waals surface area contributed by atoms with E-state index in [2.05, 4.69) is 4.98 Å². The van der Waals surface area contributed by atoms with Crippen LogP contribution >= 0.6 is 0 Å². The van der Waals surface area contributed by atoms with Crippen molar-refractivity contribution in [2.75, 3.05) is 12.2 Å². The van der Waals surface area contributed by atoms with Crippen LogP contribution in [0.3, 0.4) is 0 Å². The highest BCUT2D eigenvalue weighted by Crippen LogP contribution is 2.26. The van der Waals surface area contributed by atoms with Gasteiger partial charge in [-0.1, -0.05) is 0 Å². The lowest BCUT2D eigenvalue weighted by Gasteiger charge is -2.26. The molecule has 5 heteroatoms. The van der Waals surface area contributed by atoms with E-state index >= 15 is 0 Å². The molecule has 1 heterocycles. The van der Waals surface area contributed by atoms with Gasteiger partial charge in [-0.2, -0.15) is 5.06 Å². The van der Waals surface area contributed by atoms with Gasteiger partial charge in [0.2, 0.25) is 12.3 Å². The molecule has 0 bridgehead atoms. The molecule has 0 spiro atoms. The first-order chi connectivity index (χ1) is 7.48. The summed E-state index contributed by atoms with van der Waals surface area (Å²) in [6, 6.07) is 3.41. The lowest BCUT2D eigenvalue weighted by Crippen LogP contribution is -2.33. The molecule has 5 nitrogen and oxygen atoms in total. The summed E-state index contributed by atoms with van der Waals surface area (Å²) in [6.07, 6.45) is 2.17. The molecular weight excluding hydrogens is 208 g/mol. The van der Waals surface area contributed by atoms with Gasteiger partial charge in [0.1, 0.15) is 5.69 Å². The normalized spacial score (nSPS) is 11.0. The van der Waals surface area contributed by atoms with Crippen LogP contribution < -0.4 is 9.80 Å². The second kappa shape index (κ2) is 4.94. The number of ether oxygens (including phenoxy) is 1. The maximum Gasteiger partial charge on any atom is 0.240 e. The van der Waals surface area contributed by atoms with E-state index in [4.69, 9.17) is 9.57 Å². The van der Waals surface area contributed by atoms with Gasteiger partial charge in [-0.25, -0.2) is 4.98 Å². The molecule has 0 aromatic carbocycles. The topological polar surface area (TPSA) is 51.7 Å². The Morgan fingerprint density at radius 2 is 2.12 bits per heavy atom. The third-order valence-corrected chi connectivity index (χ3v) is 1.65. The highest BCUT2D eigenvalue weighted by Gasteiger charge is 2.20. The molecule has 0 saturated heterocycles. The molecule has 1 amide bonds. The third kappa shape index (κ3) is 3.20. The number of carbonyl (C=O) groups is 1. The van der Waals surface area contributed by atoms with Gasteiger partial charge < -0.3 is 4.74 Å². The zero-order valence-corrected chi connectivity index (χ0v) is 9.93. The SMILES string of the molecule is COc1ncccc1N(C=O)OC(C)(C)C. The first kappa shape index (κ1) is 12.4. The number of aromatic nitrogens is 1. The number of anilines is 1. The fraction of sp³-hybridized carbons (Fsp3) is 0.455. The van der Waals surface area contributed by atoms with E-state index in [0.717, 1.165) is 5.06 Å². The predicted octanol–water partition coefficient (Wildman–Crippen LogP) is 1.78. The fourth-order valence-electron chi connectivity index (χ4n) is 1.13. The van der Waals surface area contributed by atoms with Crippen molar-refractivity contribution >= 4 is 12.1 Å². The molecule has 16 heavy (non-hydrogen) atoms. The highest BCUT2D eigenvalue weighted by atomic mass is 16.7. The van der Waals surface area contributed by atoms with Crippen LogP contribution in [0.1, 0.15) is 20.8 Å². The van der Waals surface area contributed by atoms with E-state index in [0.29, 0.717) is 18.0 Å². The lowest BCUT2D eigenvalue weighted by atomic mass is 10.2. The predicted molar refractivity (Wildman–Crippen MR) is 60.2 cm³/mol. The Hall–Kier alpha value is -1.62. The Morgan fingerprint density at radius 1 is 1.44 bits per heavy atom. The van der Waals surface area contributed by atoms with E-state index in [9.17, 15) is 4.79 Å². The van der Waals surface area contributed by atoms with Crippen molar-refractivity contribution < 1.29 is 14.4 Å². The quantitative estimate of drug-likeness (QED) is 0.578. The Bertz CT molecular complexity index is 360. The van der Waals surface area contributed by atoms with Gasteiger partial charge in [0.15, 0.2) is 0 Å². The van der Waals surface area contributed by atoms with Gasteiger partial charge in [0, 0.05) is 6.20 Å². The summed E-state index contributed by atoms with van der Waals surface area (Å²) in [4.78, 5) is 20.4. The molecule has 0 aliphatic rings. The van der Waals surface area contributed by atoms with Gasteiger partial charge in [-0.05, 0) is 32.9 Å². The number of hydroxylamine groups is 1. The number of methoxy groups -OCH3 is 1. The molecule has 0 atom stereocenters. The van der Waals surface area contributed by atoms with E-state index in [1.807, 2.05) is 20.8 Å². The number of pyridine rings is 1. The van der Waals surface area contributed by atoms with E-state index in [1.165, 1.54) is 7.11 Å². The van der Waals surface area contributed by atoms with Crippen molar-refractivity contribution in [3.8, 4) is 5.88 Å². The molecule has 0 fully saturated rings. The molecule has 0 radical (unpaired) electrons. The Balaban J connectivity index is 2.99. The van der Waals surface area contributed by atoms with Crippen LogP contribution in [-0.2, 0) is 9.63 Å². The van der Waals surface area contributed by atoms with Gasteiger partial charge in [0.05, 0.1) is 12.7 Å². The minimum atomic E-state index is -0.470. The molecule has 0 N–H and O–H groups in total. The Labute approximate surface area is 94.9 Å². The Morgan fingerprint density at radius 3 is 2.62 bits per heavy atom. The summed E-state index contributed by atoms with van der Waals surface area (Å²) in [6.45, 7) is 5.56. The standard InChI is InChI=1S/C11H16N2O3/c1-11(2,3)16-13(8-14)9-6-5-7-12-10(9)15-4/h5-8H,1-4H3. The summed E-state index contributed by atoms with van der Waals surface area (Å²) in [7, 11) is 1.49. The average Bonchev–Trinajstić information content (AvgIpc) is 2.24. The maximum atomic E-state index is 11.0. The zero-order valence-electron chi connectivity index (χ0n) is 9.93. The maximum absolute atomic E-state index is 11.0. The van der Waals surface area contributed by atoms with E-state index < -0.39 is 5.60 Å². The molecule has 1 rings (SSSR count). The molecule has 88 valence electrons. The highest BCUT2D eigenvalue weighted by molar-refractivity contribution is 5.75. The van der Waals surface area contributed by atoms with Gasteiger partial charge in [0.25, 0.3) is 0 Å². The number of hydrogen-bond donors (Lipinski definition) is 0. The third-order valence-electron chi connectivity index (χ3n) is 1.65. The largest absolute Gasteiger partial charge is 0.479 e. The van der Waals surface area contributed by atoms with Crippen molar-refractivity contribution in [3.63, 3.8) is 0 Å². The molecule has 0 unspecified atom stereocenters. The van der Waals surface area contributed by atoms with Gasteiger partial charge >= 0.3 is 0 Å². The second-order valence-corrected chi connectivity index (χ2v) is 4.17. The minimum absolute atomic E-state index is 0.346. The zero-order chi connectivity index (χ0) is 12.2. The fourth-order valence-corrected chi connectivity index (χ4v) is 1.13. The molecule has 0 saturated carbocycles. The molecule has 1 aromatic rings. The summed E-state index contributed by atoms with van der Waals surface area (Å²) in [5, 5.41) is 1.12. The summed E-state index contributed by atoms with van der Waals surface area (Å²) < 4.78 is 5.05. The monoisotopic (exact) mass is 224 g/mol. The van der Waals surface area contributed by atoms with Crippen molar-refractivity contribution in [2.24, 2.45) is 0 Å². The van der Waals surface area contributed by atoms with Crippen LogP contribution in [0.15, 0.2) is 18.3 Å². The van der Waals surface area contributed by atoms with Gasteiger partial charge in [-0.15, -0.1) is 0 Å². The molecule has 0 aliphatic carbocycles. The van der Waals surface area contributed by atoms with Crippen LogP contribution in [0.2, 0.25) is 0 Å². The number of carbonyl (C=O) groups excluding carboxylic acids is 1. The van der Waals surface area contributed by atoms with Gasteiger partial charge in [-0.3, -0.25) is 9.63 Å². The smallest absolute Gasteiger partial charge is 0.240 e. The number of nitrogens with zero attached hydrogens (tertiary/aromatic N) is 2. The van der Waals surface area contributed by atoms with Crippen molar-refractivity contribution in [1.82, 2.24) is 4.98 Å². The minimum Gasteiger partial charge on any atom is -0.479 e. The summed E-state index contributed by atoms with van der Waals surface area (Å²) >= 11 is 0. The first-order valence-electron chi connectivity index (χ1n) is 4.90. The van der Waals surface area contributed by atoms with Crippen LogP contribution in [-0.4, -0.2) is 24.1 Å². The van der Waals surface area contributed by atoms with Crippen molar-refractivity contribution in [3.05, 3.63) is 18.3 Å². The van der Waals surface area contributed by atoms with Crippen molar-refractivity contribution in [1.29, 1.82) is 0 Å². The lowest BCUT2D eigenvalue weighted by molar-refractivity contribution is -0.120.